The maximum Gasteiger partial charge on any atom is 0.122 e. The van der Waals surface area contributed by atoms with Crippen LogP contribution in [0, 0.1) is 0 Å². The van der Waals surface area contributed by atoms with Crippen LogP contribution in [-0.4, -0.2) is 26.6 Å². The predicted molar refractivity (Wildman–Crippen MR) is 91.7 cm³/mol. The molecular weight excluding hydrogens is 302 g/mol. The van der Waals surface area contributed by atoms with E-state index >= 15 is 0 Å². The Morgan fingerprint density at radius 3 is 3.12 bits per heavy atom. The number of aryl methyl sites for hydroxylation is 1. The van der Waals surface area contributed by atoms with Crippen LogP contribution in [-0.2, 0) is 20.0 Å². The quantitative estimate of drug-likeness (QED) is 0.757. The maximum absolute atomic E-state index is 5.58. The number of ether oxygens (including phenoxy) is 1. The molecule has 3 heterocycles. The third-order valence-corrected chi connectivity index (χ3v) is 4.61. The second kappa shape index (κ2) is 6.13. The van der Waals surface area contributed by atoms with Gasteiger partial charge in [0.2, 0.25) is 0 Å². The van der Waals surface area contributed by atoms with Gasteiger partial charge >= 0.3 is 0 Å². The highest BCUT2D eigenvalue weighted by molar-refractivity contribution is 5.58. The molecule has 24 heavy (non-hydrogen) atoms. The van der Waals surface area contributed by atoms with Crippen molar-refractivity contribution in [3.05, 3.63) is 53.3 Å². The zero-order valence-corrected chi connectivity index (χ0v) is 13.9. The molecule has 6 nitrogen and oxygen atoms in total. The standard InChI is InChI=1S/C18H21N5O/c1-12(13-3-4-17-14(9-13)6-8-24-17)19-10-15-11-20-22-18(15)16-5-7-21-23(16)2/h3-5,7,9,11-12,19H,6,8,10H2,1-2H3,(H,20,22). The van der Waals surface area contributed by atoms with Crippen LogP contribution >= 0.6 is 0 Å². The van der Waals surface area contributed by atoms with Gasteiger partial charge in [0.1, 0.15) is 5.75 Å². The average Bonchev–Trinajstić information content (AvgIpc) is 3.31. The van der Waals surface area contributed by atoms with Crippen LogP contribution in [0.2, 0.25) is 0 Å². The van der Waals surface area contributed by atoms with Crippen molar-refractivity contribution in [2.45, 2.75) is 25.9 Å². The minimum Gasteiger partial charge on any atom is -0.493 e. The Hall–Kier alpha value is -2.60. The largest absolute Gasteiger partial charge is 0.493 e. The first-order valence-corrected chi connectivity index (χ1v) is 8.22. The van der Waals surface area contributed by atoms with Crippen LogP contribution in [0.25, 0.3) is 11.4 Å². The number of nitrogens with one attached hydrogen (secondary N) is 2. The third-order valence-electron chi connectivity index (χ3n) is 4.61. The second-order valence-corrected chi connectivity index (χ2v) is 6.18. The third kappa shape index (κ3) is 2.69. The number of aromatic nitrogens is 4. The molecule has 0 bridgehead atoms. The normalized spacial score (nSPS) is 14.4. The molecule has 1 aliphatic heterocycles. The molecule has 0 spiro atoms. The van der Waals surface area contributed by atoms with Gasteiger partial charge in [-0.25, -0.2) is 0 Å². The van der Waals surface area contributed by atoms with Crippen molar-refractivity contribution in [3.8, 4) is 17.1 Å². The van der Waals surface area contributed by atoms with E-state index in [-0.39, 0.29) is 6.04 Å². The highest BCUT2D eigenvalue weighted by Gasteiger charge is 2.16. The number of nitrogens with zero attached hydrogens (tertiary/aromatic N) is 3. The maximum atomic E-state index is 5.58. The molecule has 0 saturated heterocycles. The van der Waals surface area contributed by atoms with Crippen LogP contribution in [0.5, 0.6) is 5.75 Å². The molecule has 6 heteroatoms. The van der Waals surface area contributed by atoms with E-state index in [1.807, 2.05) is 24.0 Å². The number of benzene rings is 1. The molecule has 4 rings (SSSR count). The number of aromatic amines is 1. The summed E-state index contributed by atoms with van der Waals surface area (Å²) in [4.78, 5) is 0. The number of hydrogen-bond donors (Lipinski definition) is 2. The highest BCUT2D eigenvalue weighted by atomic mass is 16.5. The molecule has 0 saturated carbocycles. The Kier molecular flexibility index (Phi) is 3.82. The van der Waals surface area contributed by atoms with Crippen molar-refractivity contribution in [1.82, 2.24) is 25.3 Å². The Bertz CT molecular complexity index is 851. The fourth-order valence-electron chi connectivity index (χ4n) is 3.14. The topological polar surface area (TPSA) is 67.8 Å². The van der Waals surface area contributed by atoms with Crippen LogP contribution in [0.3, 0.4) is 0 Å². The molecule has 0 amide bonds. The summed E-state index contributed by atoms with van der Waals surface area (Å²) in [5.74, 6) is 1.03. The summed E-state index contributed by atoms with van der Waals surface area (Å²) in [5.41, 5.74) is 5.77. The smallest absolute Gasteiger partial charge is 0.122 e. The van der Waals surface area contributed by atoms with Gasteiger partial charge in [0.25, 0.3) is 0 Å². The van der Waals surface area contributed by atoms with Crippen molar-refractivity contribution < 1.29 is 4.74 Å². The van der Waals surface area contributed by atoms with Gasteiger partial charge in [0.05, 0.1) is 24.2 Å². The van der Waals surface area contributed by atoms with Crippen LogP contribution in [0.1, 0.15) is 29.7 Å². The Morgan fingerprint density at radius 2 is 2.29 bits per heavy atom. The molecule has 1 atom stereocenters. The first-order chi connectivity index (χ1) is 11.7. The summed E-state index contributed by atoms with van der Waals surface area (Å²) in [5, 5.41) is 15.1. The zero-order chi connectivity index (χ0) is 16.5. The first-order valence-electron chi connectivity index (χ1n) is 8.22. The average molecular weight is 323 g/mol. The molecule has 124 valence electrons. The van der Waals surface area contributed by atoms with Crippen molar-refractivity contribution in [2.75, 3.05) is 6.61 Å². The van der Waals surface area contributed by atoms with Crippen LogP contribution in [0.4, 0.5) is 0 Å². The summed E-state index contributed by atoms with van der Waals surface area (Å²) in [6, 6.07) is 8.71. The molecular formula is C18H21N5O. The lowest BCUT2D eigenvalue weighted by Crippen LogP contribution is -2.18. The number of rotatable bonds is 5. The summed E-state index contributed by atoms with van der Waals surface area (Å²) in [6.07, 6.45) is 4.67. The molecule has 1 aromatic carbocycles. The molecule has 0 radical (unpaired) electrons. The van der Waals surface area contributed by atoms with Gasteiger partial charge in [0.15, 0.2) is 0 Å². The molecule has 2 N–H and O–H groups in total. The van der Waals surface area contributed by atoms with Crippen LogP contribution < -0.4 is 10.1 Å². The van der Waals surface area contributed by atoms with E-state index in [1.54, 1.807) is 6.20 Å². The lowest BCUT2D eigenvalue weighted by Gasteiger charge is -2.15. The second-order valence-electron chi connectivity index (χ2n) is 6.18. The minimum absolute atomic E-state index is 0.255. The summed E-state index contributed by atoms with van der Waals surface area (Å²) in [7, 11) is 1.93. The van der Waals surface area contributed by atoms with E-state index in [2.05, 4.69) is 45.7 Å². The van der Waals surface area contributed by atoms with E-state index < -0.39 is 0 Å². The van der Waals surface area contributed by atoms with E-state index in [0.29, 0.717) is 0 Å². The molecule has 2 aromatic heterocycles. The van der Waals surface area contributed by atoms with Crippen LogP contribution in [0.15, 0.2) is 36.7 Å². The Labute approximate surface area is 140 Å². The summed E-state index contributed by atoms with van der Waals surface area (Å²) in [6.45, 7) is 3.72. The van der Waals surface area contributed by atoms with E-state index in [0.717, 1.165) is 42.3 Å². The lowest BCUT2D eigenvalue weighted by molar-refractivity contribution is 0.356. The fourth-order valence-corrected chi connectivity index (χ4v) is 3.14. The molecule has 1 unspecified atom stereocenters. The van der Waals surface area contributed by atoms with Gasteiger partial charge in [-0.2, -0.15) is 10.2 Å². The van der Waals surface area contributed by atoms with Crippen molar-refractivity contribution >= 4 is 0 Å². The Morgan fingerprint density at radius 1 is 1.38 bits per heavy atom. The zero-order valence-electron chi connectivity index (χ0n) is 13.9. The highest BCUT2D eigenvalue weighted by Crippen LogP contribution is 2.28. The first kappa shape index (κ1) is 15.0. The van der Waals surface area contributed by atoms with E-state index in [4.69, 9.17) is 4.74 Å². The Balaban J connectivity index is 1.48. The monoisotopic (exact) mass is 323 g/mol. The molecule has 0 aliphatic carbocycles. The number of H-pyrrole nitrogens is 1. The van der Waals surface area contributed by atoms with E-state index in [1.165, 1.54) is 11.1 Å². The van der Waals surface area contributed by atoms with Crippen molar-refractivity contribution in [2.24, 2.45) is 7.05 Å². The number of fused-ring (bicyclic) bond motifs is 1. The van der Waals surface area contributed by atoms with Gasteiger partial charge in [-0.3, -0.25) is 9.78 Å². The minimum atomic E-state index is 0.255. The summed E-state index contributed by atoms with van der Waals surface area (Å²) < 4.78 is 7.43. The predicted octanol–water partition coefficient (Wildman–Crippen LogP) is 2.60. The molecule has 1 aliphatic rings. The SMILES string of the molecule is CC(NCc1cn[nH]c1-c1ccnn1C)c1ccc2c(c1)CCO2. The van der Waals surface area contributed by atoms with E-state index in [9.17, 15) is 0 Å². The molecule has 0 fully saturated rings. The van der Waals surface area contributed by atoms with Gasteiger partial charge in [0, 0.05) is 37.8 Å². The number of hydrogen-bond acceptors (Lipinski definition) is 4. The van der Waals surface area contributed by atoms with Gasteiger partial charge in [-0.1, -0.05) is 12.1 Å². The van der Waals surface area contributed by atoms with Gasteiger partial charge in [-0.05, 0) is 30.2 Å². The fraction of sp³-hybridized carbons (Fsp3) is 0.333. The van der Waals surface area contributed by atoms with Crippen molar-refractivity contribution in [1.29, 1.82) is 0 Å². The lowest BCUT2D eigenvalue weighted by atomic mass is 10.0. The molecule has 3 aromatic rings. The van der Waals surface area contributed by atoms with Gasteiger partial charge in [-0.15, -0.1) is 0 Å². The summed E-state index contributed by atoms with van der Waals surface area (Å²) >= 11 is 0. The van der Waals surface area contributed by atoms with Gasteiger partial charge < -0.3 is 10.1 Å². The van der Waals surface area contributed by atoms with Crippen molar-refractivity contribution in [3.63, 3.8) is 0 Å².